The van der Waals surface area contributed by atoms with E-state index in [1.165, 1.54) is 11.3 Å². The Bertz CT molecular complexity index is 877. The minimum Gasteiger partial charge on any atom is -0.337 e. The molecule has 2 fully saturated rings. The molecule has 6 nitrogen and oxygen atoms in total. The van der Waals surface area contributed by atoms with Crippen molar-refractivity contribution in [3.63, 3.8) is 0 Å². The first-order valence-corrected chi connectivity index (χ1v) is 8.97. The number of rotatable bonds is 2. The van der Waals surface area contributed by atoms with Crippen LogP contribution in [0.5, 0.6) is 0 Å². The number of hydrogen-bond donors (Lipinski definition) is 1. The maximum atomic E-state index is 13.1. The monoisotopic (exact) mass is 355 g/mol. The fourth-order valence-corrected chi connectivity index (χ4v) is 4.48. The summed E-state index contributed by atoms with van der Waals surface area (Å²) in [6.07, 6.45) is 0.692. The van der Waals surface area contributed by atoms with Gasteiger partial charge in [0, 0.05) is 25.1 Å². The van der Waals surface area contributed by atoms with Gasteiger partial charge >= 0.3 is 0 Å². The highest BCUT2D eigenvalue weighted by Crippen LogP contribution is 2.39. The van der Waals surface area contributed by atoms with Gasteiger partial charge in [-0.15, -0.1) is 11.3 Å². The second kappa shape index (κ2) is 5.77. The summed E-state index contributed by atoms with van der Waals surface area (Å²) in [7, 11) is 0. The van der Waals surface area contributed by atoms with Crippen LogP contribution in [0, 0.1) is 12.3 Å². The second-order valence-electron chi connectivity index (χ2n) is 6.59. The van der Waals surface area contributed by atoms with Gasteiger partial charge in [0.05, 0.1) is 16.1 Å². The van der Waals surface area contributed by atoms with Gasteiger partial charge in [-0.05, 0) is 13.3 Å². The van der Waals surface area contributed by atoms with Crippen molar-refractivity contribution in [3.05, 3.63) is 40.2 Å². The molecule has 0 aliphatic carbocycles. The number of benzene rings is 1. The number of nitrogens with one attached hydrogen (secondary N) is 1. The first-order chi connectivity index (χ1) is 12.0. The van der Waals surface area contributed by atoms with E-state index in [4.69, 9.17) is 0 Å². The third-order valence-electron chi connectivity index (χ3n) is 4.85. The average molecular weight is 355 g/mol. The van der Waals surface area contributed by atoms with Crippen molar-refractivity contribution in [1.29, 1.82) is 0 Å². The highest BCUT2D eigenvalue weighted by atomic mass is 32.1. The minimum absolute atomic E-state index is 0.117. The van der Waals surface area contributed by atoms with Crippen LogP contribution in [0.15, 0.2) is 30.3 Å². The molecular weight excluding hydrogens is 338 g/mol. The smallest absolute Gasteiger partial charge is 0.266 e. The van der Waals surface area contributed by atoms with E-state index in [2.05, 4.69) is 10.3 Å². The van der Waals surface area contributed by atoms with Crippen molar-refractivity contribution in [2.24, 2.45) is 5.41 Å². The number of amides is 3. The molecule has 2 aromatic rings. The zero-order chi connectivity index (χ0) is 17.6. The van der Waals surface area contributed by atoms with E-state index in [0.29, 0.717) is 23.5 Å². The number of aryl methyl sites for hydroxylation is 1. The van der Waals surface area contributed by atoms with Gasteiger partial charge in [0.15, 0.2) is 0 Å². The Kier molecular flexibility index (Phi) is 3.68. The van der Waals surface area contributed by atoms with Crippen LogP contribution in [0.3, 0.4) is 0 Å². The zero-order valence-electron chi connectivity index (χ0n) is 13.7. The lowest BCUT2D eigenvalue weighted by atomic mass is 9.85. The van der Waals surface area contributed by atoms with Gasteiger partial charge < -0.3 is 4.90 Å². The first kappa shape index (κ1) is 16.0. The molecule has 2 aliphatic rings. The summed E-state index contributed by atoms with van der Waals surface area (Å²) in [5, 5.41) is 3.19. The van der Waals surface area contributed by atoms with Crippen molar-refractivity contribution >= 4 is 29.1 Å². The van der Waals surface area contributed by atoms with Crippen molar-refractivity contribution in [1.82, 2.24) is 15.2 Å². The predicted molar refractivity (Wildman–Crippen MR) is 93.0 cm³/mol. The van der Waals surface area contributed by atoms with Gasteiger partial charge in [-0.25, -0.2) is 4.98 Å². The van der Waals surface area contributed by atoms with Gasteiger partial charge in [0.2, 0.25) is 11.8 Å². The van der Waals surface area contributed by atoms with Crippen LogP contribution < -0.4 is 5.32 Å². The Morgan fingerprint density at radius 1 is 1.28 bits per heavy atom. The molecule has 1 spiro atoms. The fourth-order valence-electron chi connectivity index (χ4n) is 3.57. The number of aromatic nitrogens is 1. The fraction of sp³-hybridized carbons (Fsp3) is 0.333. The summed E-state index contributed by atoms with van der Waals surface area (Å²) in [4.78, 5) is 43.5. The number of imide groups is 1. The molecule has 1 aromatic carbocycles. The van der Waals surface area contributed by atoms with Crippen LogP contribution >= 0.6 is 11.3 Å². The molecule has 4 rings (SSSR count). The Hall–Kier alpha value is -2.54. The molecule has 3 amide bonds. The van der Waals surface area contributed by atoms with E-state index < -0.39 is 5.41 Å². The standard InChI is InChI=1S/C18H17N3O3S/c1-11-19-14(12-5-3-2-4-6-12)15(25-11)16(23)21-8-7-18(10-21)9-13(22)20-17(18)24/h2-6H,7-10H2,1H3,(H,20,22,24)/t18-/m0/s1. The normalized spacial score (nSPS) is 22.7. The van der Waals surface area contributed by atoms with E-state index in [9.17, 15) is 14.4 Å². The van der Waals surface area contributed by atoms with Crippen LogP contribution in [0.25, 0.3) is 11.3 Å². The lowest BCUT2D eigenvalue weighted by Gasteiger charge is -2.20. The number of likely N-dealkylation sites (tertiary alicyclic amines) is 1. The molecule has 0 radical (unpaired) electrons. The third kappa shape index (κ3) is 2.64. The molecule has 2 saturated heterocycles. The number of carbonyl (C=O) groups is 3. The SMILES string of the molecule is Cc1nc(-c2ccccc2)c(C(=O)N2CC[C@]3(CC(=O)NC3=O)C2)s1. The Morgan fingerprint density at radius 2 is 2.04 bits per heavy atom. The van der Waals surface area contributed by atoms with Crippen molar-refractivity contribution < 1.29 is 14.4 Å². The van der Waals surface area contributed by atoms with Crippen molar-refractivity contribution in [2.75, 3.05) is 13.1 Å². The largest absolute Gasteiger partial charge is 0.337 e. The van der Waals surface area contributed by atoms with E-state index in [0.717, 1.165) is 10.6 Å². The van der Waals surface area contributed by atoms with Gasteiger partial charge in [0.25, 0.3) is 5.91 Å². The summed E-state index contributed by atoms with van der Waals surface area (Å²) in [6, 6.07) is 9.61. The van der Waals surface area contributed by atoms with Crippen LogP contribution in [0.1, 0.15) is 27.5 Å². The number of carbonyl (C=O) groups excluding carboxylic acids is 3. The quantitative estimate of drug-likeness (QED) is 0.836. The van der Waals surface area contributed by atoms with Gasteiger partial charge in [0.1, 0.15) is 4.88 Å². The Balaban J connectivity index is 1.63. The summed E-state index contributed by atoms with van der Waals surface area (Å²) in [6.45, 7) is 2.64. The molecular formula is C18H17N3O3S. The molecule has 0 bridgehead atoms. The minimum atomic E-state index is -0.751. The lowest BCUT2D eigenvalue weighted by Crippen LogP contribution is -2.36. The molecule has 0 unspecified atom stereocenters. The Labute approximate surface area is 148 Å². The second-order valence-corrected chi connectivity index (χ2v) is 7.79. The maximum absolute atomic E-state index is 13.1. The van der Waals surface area contributed by atoms with Gasteiger partial charge in [-0.2, -0.15) is 0 Å². The number of nitrogens with zero attached hydrogens (tertiary/aromatic N) is 2. The summed E-state index contributed by atoms with van der Waals surface area (Å²) in [5.74, 6) is -0.622. The van der Waals surface area contributed by atoms with E-state index in [-0.39, 0.29) is 30.7 Å². The molecule has 1 aromatic heterocycles. The van der Waals surface area contributed by atoms with Crippen LogP contribution in [-0.2, 0) is 9.59 Å². The molecule has 25 heavy (non-hydrogen) atoms. The molecule has 0 saturated carbocycles. The van der Waals surface area contributed by atoms with Crippen LogP contribution in [0.4, 0.5) is 0 Å². The number of thiazole rings is 1. The van der Waals surface area contributed by atoms with Gasteiger partial charge in [-0.3, -0.25) is 19.7 Å². The lowest BCUT2D eigenvalue weighted by molar-refractivity contribution is -0.128. The molecule has 3 heterocycles. The van der Waals surface area contributed by atoms with E-state index >= 15 is 0 Å². The third-order valence-corrected chi connectivity index (χ3v) is 5.81. The maximum Gasteiger partial charge on any atom is 0.266 e. The first-order valence-electron chi connectivity index (χ1n) is 8.15. The molecule has 1 atom stereocenters. The van der Waals surface area contributed by atoms with Gasteiger partial charge in [-0.1, -0.05) is 30.3 Å². The average Bonchev–Trinajstić information content (AvgIpc) is 3.26. The number of hydrogen-bond acceptors (Lipinski definition) is 5. The van der Waals surface area contributed by atoms with Crippen molar-refractivity contribution in [3.8, 4) is 11.3 Å². The topological polar surface area (TPSA) is 79.4 Å². The summed E-state index contributed by atoms with van der Waals surface area (Å²) >= 11 is 1.37. The summed E-state index contributed by atoms with van der Waals surface area (Å²) in [5.41, 5.74) is 0.832. The Morgan fingerprint density at radius 3 is 2.72 bits per heavy atom. The van der Waals surface area contributed by atoms with Crippen LogP contribution in [-0.4, -0.2) is 40.7 Å². The molecule has 1 N–H and O–H groups in total. The predicted octanol–water partition coefficient (Wildman–Crippen LogP) is 2.00. The molecule has 2 aliphatic heterocycles. The summed E-state index contributed by atoms with van der Waals surface area (Å²) < 4.78 is 0. The highest BCUT2D eigenvalue weighted by molar-refractivity contribution is 7.14. The van der Waals surface area contributed by atoms with Crippen LogP contribution in [0.2, 0.25) is 0 Å². The van der Waals surface area contributed by atoms with Crippen molar-refractivity contribution in [2.45, 2.75) is 19.8 Å². The van der Waals surface area contributed by atoms with E-state index in [1.807, 2.05) is 37.3 Å². The molecule has 7 heteroatoms. The van der Waals surface area contributed by atoms with E-state index in [1.54, 1.807) is 4.90 Å². The molecule has 128 valence electrons. The zero-order valence-corrected chi connectivity index (χ0v) is 14.6. The highest BCUT2D eigenvalue weighted by Gasteiger charge is 2.52.